The summed E-state index contributed by atoms with van der Waals surface area (Å²) in [7, 11) is 0. The molecule has 1 aromatic carbocycles. The number of benzene rings is 1. The molecule has 2 rings (SSSR count). The second-order valence-electron chi connectivity index (χ2n) is 3.59. The van der Waals surface area contributed by atoms with Crippen LogP contribution >= 0.6 is 0 Å². The molecule has 0 fully saturated rings. The van der Waals surface area contributed by atoms with Crippen molar-refractivity contribution in [1.29, 1.82) is 0 Å². The van der Waals surface area contributed by atoms with Gasteiger partial charge in [0.1, 0.15) is 0 Å². The first kappa shape index (κ1) is 9.93. The van der Waals surface area contributed by atoms with Crippen LogP contribution in [0.15, 0.2) is 41.2 Å². The fourth-order valence-corrected chi connectivity index (χ4v) is 1.44. The second kappa shape index (κ2) is 4.28. The molecule has 2 N–H and O–H groups in total. The van der Waals surface area contributed by atoms with E-state index in [1.165, 1.54) is 5.56 Å². The zero-order chi connectivity index (χ0) is 10.7. The summed E-state index contributed by atoms with van der Waals surface area (Å²) in [4.78, 5) is 4.41. The third-order valence-corrected chi connectivity index (χ3v) is 2.30. The van der Waals surface area contributed by atoms with Crippen molar-refractivity contribution in [3.8, 4) is 0 Å². The van der Waals surface area contributed by atoms with Gasteiger partial charge in [-0.1, -0.05) is 29.8 Å². The maximum absolute atomic E-state index is 5.46. The molecular formula is C12H14N3. The van der Waals surface area contributed by atoms with E-state index in [0.717, 1.165) is 23.5 Å². The van der Waals surface area contributed by atoms with Gasteiger partial charge in [0, 0.05) is 12.0 Å². The summed E-state index contributed by atoms with van der Waals surface area (Å²) in [6.45, 7) is 2.68. The zero-order valence-electron chi connectivity index (χ0n) is 8.77. The summed E-state index contributed by atoms with van der Waals surface area (Å²) < 4.78 is 0. The Hall–Kier alpha value is -1.61. The Balaban J connectivity index is 2.14. The monoisotopic (exact) mass is 200 g/mol. The smallest absolute Gasteiger partial charge is 0.159 e. The molecule has 3 nitrogen and oxygen atoms in total. The maximum Gasteiger partial charge on any atom is 0.159 e. The van der Waals surface area contributed by atoms with Crippen LogP contribution in [0.5, 0.6) is 0 Å². The number of amidine groups is 1. The largest absolute Gasteiger partial charge is 0.330 e. The van der Waals surface area contributed by atoms with Crippen LogP contribution in [-0.4, -0.2) is 12.4 Å². The van der Waals surface area contributed by atoms with E-state index in [0.29, 0.717) is 6.54 Å². The van der Waals surface area contributed by atoms with Crippen LogP contribution < -0.4 is 11.1 Å². The van der Waals surface area contributed by atoms with E-state index in [9.17, 15) is 0 Å². The Bertz CT molecular complexity index is 401. The van der Waals surface area contributed by atoms with Crippen LogP contribution in [0.1, 0.15) is 17.5 Å². The van der Waals surface area contributed by atoms with Crippen LogP contribution in [0.3, 0.4) is 0 Å². The van der Waals surface area contributed by atoms with Gasteiger partial charge >= 0.3 is 0 Å². The molecule has 0 amide bonds. The Labute approximate surface area is 89.7 Å². The molecule has 1 heterocycles. The average Bonchev–Trinajstić information content (AvgIpc) is 2.68. The molecule has 0 aliphatic carbocycles. The summed E-state index contributed by atoms with van der Waals surface area (Å²) in [6, 6.07) is 8.20. The molecule has 1 aromatic rings. The standard InChI is InChI=1S/C12H14N3/c1-9-2-4-10(5-3-9)12-14-8-11(15-12)6-7-13/h2-5,8H,6-7,13H2,1H3. The first-order valence-electron chi connectivity index (χ1n) is 5.05. The minimum Gasteiger partial charge on any atom is -0.330 e. The quantitative estimate of drug-likeness (QED) is 0.790. The van der Waals surface area contributed by atoms with Gasteiger partial charge in [-0.25, -0.2) is 10.3 Å². The lowest BCUT2D eigenvalue weighted by molar-refractivity contribution is 0.939. The Morgan fingerprint density at radius 2 is 1.93 bits per heavy atom. The van der Waals surface area contributed by atoms with E-state index in [1.54, 1.807) is 6.20 Å². The lowest BCUT2D eigenvalue weighted by atomic mass is 10.1. The molecule has 3 heteroatoms. The summed E-state index contributed by atoms with van der Waals surface area (Å²) in [5.41, 5.74) is 8.73. The van der Waals surface area contributed by atoms with E-state index in [-0.39, 0.29) is 0 Å². The van der Waals surface area contributed by atoms with Gasteiger partial charge in [-0.15, -0.1) is 0 Å². The highest BCUT2D eigenvalue weighted by Crippen LogP contribution is 2.13. The van der Waals surface area contributed by atoms with Gasteiger partial charge in [0.2, 0.25) is 0 Å². The number of hydrogen-bond donors (Lipinski definition) is 1. The molecule has 1 radical (unpaired) electrons. The van der Waals surface area contributed by atoms with Gasteiger partial charge < -0.3 is 5.73 Å². The van der Waals surface area contributed by atoms with Crippen LogP contribution in [-0.2, 0) is 0 Å². The molecule has 0 unspecified atom stereocenters. The molecule has 15 heavy (non-hydrogen) atoms. The summed E-state index contributed by atoms with van der Waals surface area (Å²) in [5, 5.41) is 4.27. The van der Waals surface area contributed by atoms with Crippen molar-refractivity contribution in [2.75, 3.05) is 6.54 Å². The highest BCUT2D eigenvalue weighted by Gasteiger charge is 2.10. The fraction of sp³-hybridized carbons (Fsp3) is 0.250. The van der Waals surface area contributed by atoms with Crippen molar-refractivity contribution >= 4 is 5.84 Å². The Morgan fingerprint density at radius 3 is 2.60 bits per heavy atom. The molecule has 1 aliphatic rings. The van der Waals surface area contributed by atoms with E-state index in [1.807, 2.05) is 12.1 Å². The predicted molar refractivity (Wildman–Crippen MR) is 61.6 cm³/mol. The van der Waals surface area contributed by atoms with Gasteiger partial charge in [-0.3, -0.25) is 0 Å². The van der Waals surface area contributed by atoms with Gasteiger partial charge in [-0.05, 0) is 13.5 Å². The maximum atomic E-state index is 5.46. The number of nitrogens with two attached hydrogens (primary N) is 1. The number of aliphatic imine (C=N–C) groups is 1. The summed E-state index contributed by atoms with van der Waals surface area (Å²) in [5.74, 6) is 0.790. The SMILES string of the molecule is Cc1ccc(C2=NC(CCN)=C[N]2)cc1. The second-order valence-corrected chi connectivity index (χ2v) is 3.59. The van der Waals surface area contributed by atoms with Crippen molar-refractivity contribution < 1.29 is 0 Å². The molecular weight excluding hydrogens is 186 g/mol. The first-order chi connectivity index (χ1) is 7.29. The summed E-state index contributed by atoms with van der Waals surface area (Å²) in [6.07, 6.45) is 2.58. The van der Waals surface area contributed by atoms with Crippen molar-refractivity contribution in [1.82, 2.24) is 5.32 Å². The molecule has 0 spiro atoms. The van der Waals surface area contributed by atoms with Gasteiger partial charge in [0.25, 0.3) is 0 Å². The number of rotatable bonds is 3. The van der Waals surface area contributed by atoms with Gasteiger partial charge in [-0.2, -0.15) is 0 Å². The van der Waals surface area contributed by atoms with Crippen molar-refractivity contribution in [3.63, 3.8) is 0 Å². The van der Waals surface area contributed by atoms with Crippen LogP contribution in [0, 0.1) is 6.92 Å². The van der Waals surface area contributed by atoms with Gasteiger partial charge in [0.05, 0.1) is 11.9 Å². The molecule has 77 valence electrons. The topological polar surface area (TPSA) is 52.5 Å². The van der Waals surface area contributed by atoms with Crippen molar-refractivity contribution in [2.45, 2.75) is 13.3 Å². The molecule has 0 bridgehead atoms. The highest BCUT2D eigenvalue weighted by molar-refractivity contribution is 6.01. The van der Waals surface area contributed by atoms with Crippen LogP contribution in [0.25, 0.3) is 0 Å². The fourth-order valence-electron chi connectivity index (χ4n) is 1.44. The number of hydrogen-bond acceptors (Lipinski definition) is 2. The van der Waals surface area contributed by atoms with E-state index in [4.69, 9.17) is 5.73 Å². The molecule has 0 atom stereocenters. The highest BCUT2D eigenvalue weighted by atomic mass is 15.0. The third-order valence-electron chi connectivity index (χ3n) is 2.30. The summed E-state index contributed by atoms with van der Waals surface area (Å²) >= 11 is 0. The molecule has 1 aliphatic heterocycles. The Kier molecular flexibility index (Phi) is 2.83. The molecule has 0 saturated carbocycles. The third kappa shape index (κ3) is 2.25. The number of nitrogens with zero attached hydrogens (tertiary/aromatic N) is 2. The normalized spacial score (nSPS) is 14.5. The molecule has 0 aromatic heterocycles. The lowest BCUT2D eigenvalue weighted by Crippen LogP contribution is -2.07. The van der Waals surface area contributed by atoms with Crippen molar-refractivity contribution in [3.05, 3.63) is 47.3 Å². The van der Waals surface area contributed by atoms with Gasteiger partial charge in [0.15, 0.2) is 5.84 Å². The minimum atomic E-state index is 0.617. The van der Waals surface area contributed by atoms with Crippen LogP contribution in [0.4, 0.5) is 0 Å². The van der Waals surface area contributed by atoms with E-state index >= 15 is 0 Å². The van der Waals surface area contributed by atoms with Crippen molar-refractivity contribution in [2.24, 2.45) is 10.7 Å². The Morgan fingerprint density at radius 1 is 1.20 bits per heavy atom. The zero-order valence-corrected chi connectivity index (χ0v) is 8.77. The van der Waals surface area contributed by atoms with E-state index in [2.05, 4.69) is 29.4 Å². The lowest BCUT2D eigenvalue weighted by Gasteiger charge is -1.99. The predicted octanol–water partition coefficient (Wildman–Crippen LogP) is 1.55. The average molecular weight is 200 g/mol. The van der Waals surface area contributed by atoms with E-state index < -0.39 is 0 Å². The van der Waals surface area contributed by atoms with Crippen LogP contribution in [0.2, 0.25) is 0 Å². The first-order valence-corrected chi connectivity index (χ1v) is 5.05. The molecule has 0 saturated heterocycles. The number of aryl methyl sites for hydroxylation is 1. The minimum absolute atomic E-state index is 0.617.